The molecule has 7 nitrogen and oxygen atoms in total. The molecule has 2 aromatic carbocycles. The van der Waals surface area contributed by atoms with Crippen LogP contribution in [0.1, 0.15) is 33.4 Å². The summed E-state index contributed by atoms with van der Waals surface area (Å²) in [5, 5.41) is 5.49. The van der Waals surface area contributed by atoms with E-state index in [2.05, 4.69) is 10.6 Å². The first-order valence-corrected chi connectivity index (χ1v) is 8.89. The van der Waals surface area contributed by atoms with Crippen molar-refractivity contribution in [2.24, 2.45) is 0 Å². The van der Waals surface area contributed by atoms with E-state index in [1.54, 1.807) is 54.6 Å². The van der Waals surface area contributed by atoms with E-state index in [9.17, 15) is 14.4 Å². The Morgan fingerprint density at radius 1 is 0.966 bits per heavy atom. The number of anilines is 2. The van der Waals surface area contributed by atoms with Gasteiger partial charge in [-0.2, -0.15) is 0 Å². The quantitative estimate of drug-likeness (QED) is 0.594. The average molecular weight is 392 g/mol. The van der Waals surface area contributed by atoms with E-state index in [1.807, 2.05) is 0 Å². The Hall–Kier alpha value is -3.87. The fraction of sp³-hybridized carbons (Fsp3) is 0.136. The number of nitrogens with one attached hydrogen (secondary N) is 2. The van der Waals surface area contributed by atoms with Crippen molar-refractivity contribution < 1.29 is 23.5 Å². The minimum absolute atomic E-state index is 0.0568. The Morgan fingerprint density at radius 2 is 1.66 bits per heavy atom. The number of benzene rings is 2. The fourth-order valence-electron chi connectivity index (χ4n) is 2.75. The second-order valence-corrected chi connectivity index (χ2v) is 6.32. The lowest BCUT2D eigenvalue weighted by Crippen LogP contribution is -2.15. The number of carbonyl (C=O) groups excluding carboxylic acids is 3. The van der Waals surface area contributed by atoms with Gasteiger partial charge in [-0.3, -0.25) is 14.4 Å². The Kier molecular flexibility index (Phi) is 6.09. The minimum Gasteiger partial charge on any atom is -0.496 e. The summed E-state index contributed by atoms with van der Waals surface area (Å²) >= 11 is 0. The topological polar surface area (TPSA) is 97.6 Å². The number of Topliss-reactive ketones (excluding diaryl/α,β-unsaturated/α-hetero) is 1. The molecule has 0 radical (unpaired) electrons. The molecule has 0 saturated heterocycles. The Bertz CT molecular complexity index is 1020. The zero-order chi connectivity index (χ0) is 20.8. The maximum atomic E-state index is 12.4. The van der Waals surface area contributed by atoms with Crippen LogP contribution < -0.4 is 15.4 Å². The van der Waals surface area contributed by atoms with E-state index in [-0.39, 0.29) is 29.8 Å². The van der Waals surface area contributed by atoms with E-state index in [4.69, 9.17) is 9.15 Å². The molecule has 0 bridgehead atoms. The minimum atomic E-state index is -0.357. The predicted octanol–water partition coefficient (Wildman–Crippen LogP) is 3.92. The summed E-state index contributed by atoms with van der Waals surface area (Å²) in [5.74, 6) is 0.0624. The van der Waals surface area contributed by atoms with E-state index in [0.717, 1.165) is 0 Å². The van der Waals surface area contributed by atoms with Gasteiger partial charge < -0.3 is 19.8 Å². The summed E-state index contributed by atoms with van der Waals surface area (Å²) < 4.78 is 10.3. The van der Waals surface area contributed by atoms with Gasteiger partial charge in [-0.25, -0.2) is 0 Å². The molecule has 3 rings (SSSR count). The second kappa shape index (κ2) is 8.88. The molecule has 7 heteroatoms. The van der Waals surface area contributed by atoms with Crippen molar-refractivity contribution in [2.45, 2.75) is 13.3 Å². The number of hydrogen-bond acceptors (Lipinski definition) is 5. The lowest BCUT2D eigenvalue weighted by atomic mass is 10.0. The molecule has 0 atom stereocenters. The highest BCUT2D eigenvalue weighted by molar-refractivity contribution is 6.02. The van der Waals surface area contributed by atoms with Gasteiger partial charge in [-0.05, 0) is 61.5 Å². The molecular weight excluding hydrogens is 372 g/mol. The summed E-state index contributed by atoms with van der Waals surface area (Å²) in [6.45, 7) is 1.47. The molecule has 1 aromatic heterocycles. The molecule has 2 amide bonds. The second-order valence-electron chi connectivity index (χ2n) is 6.32. The zero-order valence-corrected chi connectivity index (χ0v) is 16.0. The SMILES string of the molecule is COc1ccc(C(C)=O)cc1CC(=O)Nc1ccc(NC(=O)c2ccco2)cc1. The van der Waals surface area contributed by atoms with E-state index in [0.29, 0.717) is 28.3 Å². The van der Waals surface area contributed by atoms with Gasteiger partial charge in [0.2, 0.25) is 5.91 Å². The van der Waals surface area contributed by atoms with Gasteiger partial charge in [-0.15, -0.1) is 0 Å². The molecule has 2 N–H and O–H groups in total. The van der Waals surface area contributed by atoms with Crippen LogP contribution in [-0.2, 0) is 11.2 Å². The number of furan rings is 1. The van der Waals surface area contributed by atoms with Crippen molar-refractivity contribution in [2.75, 3.05) is 17.7 Å². The average Bonchev–Trinajstić information content (AvgIpc) is 3.24. The maximum absolute atomic E-state index is 12.4. The maximum Gasteiger partial charge on any atom is 0.291 e. The normalized spacial score (nSPS) is 10.3. The number of rotatable bonds is 7. The van der Waals surface area contributed by atoms with Gasteiger partial charge in [0.15, 0.2) is 11.5 Å². The first-order valence-electron chi connectivity index (χ1n) is 8.89. The van der Waals surface area contributed by atoms with Crippen molar-refractivity contribution in [3.05, 3.63) is 77.7 Å². The van der Waals surface area contributed by atoms with E-state index < -0.39 is 0 Å². The van der Waals surface area contributed by atoms with Gasteiger partial charge >= 0.3 is 0 Å². The fourth-order valence-corrected chi connectivity index (χ4v) is 2.75. The molecule has 0 aliphatic heterocycles. The third-order valence-electron chi connectivity index (χ3n) is 4.21. The molecule has 29 heavy (non-hydrogen) atoms. The summed E-state index contributed by atoms with van der Waals surface area (Å²) in [5.41, 5.74) is 2.29. The van der Waals surface area contributed by atoms with E-state index >= 15 is 0 Å². The molecule has 0 spiro atoms. The third-order valence-corrected chi connectivity index (χ3v) is 4.21. The van der Waals surface area contributed by atoms with Crippen molar-refractivity contribution in [3.63, 3.8) is 0 Å². The molecule has 0 aliphatic carbocycles. The summed E-state index contributed by atoms with van der Waals surface area (Å²) in [6, 6.07) is 14.9. The van der Waals surface area contributed by atoms with Crippen molar-refractivity contribution in [1.29, 1.82) is 0 Å². The largest absolute Gasteiger partial charge is 0.496 e. The van der Waals surface area contributed by atoms with Gasteiger partial charge in [-0.1, -0.05) is 0 Å². The van der Waals surface area contributed by atoms with Gasteiger partial charge in [0.05, 0.1) is 19.8 Å². The molecule has 0 fully saturated rings. The number of ketones is 1. The van der Waals surface area contributed by atoms with Crippen LogP contribution in [0.2, 0.25) is 0 Å². The standard InChI is InChI=1S/C22H20N2O5/c1-14(25)15-5-10-19(28-2)16(12-15)13-21(26)23-17-6-8-18(9-7-17)24-22(27)20-4-3-11-29-20/h3-12H,13H2,1-2H3,(H,23,26)(H,24,27). The summed E-state index contributed by atoms with van der Waals surface area (Å²) in [7, 11) is 1.51. The number of carbonyl (C=O) groups is 3. The first kappa shape index (κ1) is 19.9. The van der Waals surface area contributed by atoms with Crippen LogP contribution in [0.25, 0.3) is 0 Å². The number of amides is 2. The Labute approximate surface area is 167 Å². The van der Waals surface area contributed by atoms with Crippen molar-refractivity contribution in [3.8, 4) is 5.75 Å². The number of ether oxygens (including phenoxy) is 1. The van der Waals surface area contributed by atoms with Crippen molar-refractivity contribution in [1.82, 2.24) is 0 Å². The molecule has 3 aromatic rings. The molecule has 0 unspecified atom stereocenters. The molecular formula is C22H20N2O5. The van der Waals surface area contributed by atoms with Crippen LogP contribution in [0.3, 0.4) is 0 Å². The summed E-state index contributed by atoms with van der Waals surface area (Å²) in [4.78, 5) is 36.0. The molecule has 0 aliphatic rings. The highest BCUT2D eigenvalue weighted by Crippen LogP contribution is 2.22. The Morgan fingerprint density at radius 3 is 2.24 bits per heavy atom. The highest BCUT2D eigenvalue weighted by Gasteiger charge is 2.12. The lowest BCUT2D eigenvalue weighted by molar-refractivity contribution is -0.115. The third kappa shape index (κ3) is 5.10. The van der Waals surface area contributed by atoms with Crippen LogP contribution in [0.5, 0.6) is 5.75 Å². The number of methoxy groups -OCH3 is 1. The molecule has 0 saturated carbocycles. The van der Waals surface area contributed by atoms with Crippen LogP contribution in [-0.4, -0.2) is 24.7 Å². The number of hydrogen-bond donors (Lipinski definition) is 2. The smallest absolute Gasteiger partial charge is 0.291 e. The van der Waals surface area contributed by atoms with Crippen molar-refractivity contribution >= 4 is 29.0 Å². The lowest BCUT2D eigenvalue weighted by Gasteiger charge is -2.11. The van der Waals surface area contributed by atoms with Crippen LogP contribution in [0.15, 0.2) is 65.3 Å². The monoisotopic (exact) mass is 392 g/mol. The molecule has 1 heterocycles. The molecule has 148 valence electrons. The van der Waals surface area contributed by atoms with E-state index in [1.165, 1.54) is 20.3 Å². The van der Waals surface area contributed by atoms with Gasteiger partial charge in [0.1, 0.15) is 5.75 Å². The first-order chi connectivity index (χ1) is 14.0. The van der Waals surface area contributed by atoms with Crippen LogP contribution in [0.4, 0.5) is 11.4 Å². The van der Waals surface area contributed by atoms with Gasteiger partial charge in [0.25, 0.3) is 5.91 Å². The zero-order valence-electron chi connectivity index (χ0n) is 16.0. The predicted molar refractivity (Wildman–Crippen MR) is 108 cm³/mol. The Balaban J connectivity index is 1.63. The van der Waals surface area contributed by atoms with Crippen LogP contribution in [0, 0.1) is 0 Å². The highest BCUT2D eigenvalue weighted by atomic mass is 16.5. The van der Waals surface area contributed by atoms with Gasteiger partial charge in [0, 0.05) is 22.5 Å². The summed E-state index contributed by atoms with van der Waals surface area (Å²) in [6.07, 6.45) is 1.48. The van der Waals surface area contributed by atoms with Crippen LogP contribution >= 0.6 is 0 Å².